The monoisotopic (exact) mass is 327 g/mol. The summed E-state index contributed by atoms with van der Waals surface area (Å²) in [7, 11) is 0. The zero-order chi connectivity index (χ0) is 16.6. The van der Waals surface area contributed by atoms with Gasteiger partial charge in [-0.25, -0.2) is 4.98 Å². The molecule has 2 aliphatic rings. The van der Waals surface area contributed by atoms with E-state index in [1.54, 1.807) is 6.20 Å². The van der Waals surface area contributed by atoms with Gasteiger partial charge in [0.05, 0.1) is 12.5 Å². The average molecular weight is 327 g/mol. The van der Waals surface area contributed by atoms with E-state index in [0.29, 0.717) is 12.5 Å². The number of aromatic amines is 1. The van der Waals surface area contributed by atoms with Gasteiger partial charge in [-0.15, -0.1) is 0 Å². The fourth-order valence-corrected chi connectivity index (χ4v) is 4.67. The van der Waals surface area contributed by atoms with Crippen molar-refractivity contribution in [2.75, 3.05) is 6.61 Å². The fourth-order valence-electron chi connectivity index (χ4n) is 4.67. The third-order valence-electron chi connectivity index (χ3n) is 5.91. The zero-order valence-electron chi connectivity index (χ0n) is 14.2. The van der Waals surface area contributed by atoms with Crippen LogP contribution in [0.1, 0.15) is 44.6 Å². The molecule has 24 heavy (non-hydrogen) atoms. The number of carbonyl (C=O) groups excluding carboxylic acids is 1. The van der Waals surface area contributed by atoms with E-state index in [-0.39, 0.29) is 17.4 Å². The SMILES string of the molecule is CCO[C@H]1C[C@@H](NC(=O)Cc2c[nH]c3ncccc23)C12CCCC2. The van der Waals surface area contributed by atoms with Gasteiger partial charge in [-0.1, -0.05) is 12.8 Å². The van der Waals surface area contributed by atoms with Crippen molar-refractivity contribution in [3.63, 3.8) is 0 Å². The first-order chi connectivity index (χ1) is 11.7. The van der Waals surface area contributed by atoms with Crippen LogP contribution in [0.15, 0.2) is 24.5 Å². The molecule has 2 saturated carbocycles. The Morgan fingerprint density at radius 1 is 1.46 bits per heavy atom. The minimum Gasteiger partial charge on any atom is -0.378 e. The summed E-state index contributed by atoms with van der Waals surface area (Å²) in [5.74, 6) is 0.103. The lowest BCUT2D eigenvalue weighted by Gasteiger charge is -2.54. The smallest absolute Gasteiger partial charge is 0.224 e. The first-order valence-corrected chi connectivity index (χ1v) is 9.05. The molecule has 0 aliphatic heterocycles. The van der Waals surface area contributed by atoms with Crippen molar-refractivity contribution in [2.45, 2.75) is 57.6 Å². The predicted octanol–water partition coefficient (Wildman–Crippen LogP) is 2.96. The van der Waals surface area contributed by atoms with Crippen LogP contribution in [0.2, 0.25) is 0 Å². The average Bonchev–Trinajstić information content (AvgIpc) is 3.23. The van der Waals surface area contributed by atoms with Crippen LogP contribution in [-0.2, 0) is 16.0 Å². The van der Waals surface area contributed by atoms with E-state index in [4.69, 9.17) is 4.74 Å². The van der Waals surface area contributed by atoms with E-state index in [9.17, 15) is 4.79 Å². The number of pyridine rings is 1. The lowest BCUT2D eigenvalue weighted by atomic mass is 9.60. The highest BCUT2D eigenvalue weighted by Gasteiger charge is 2.57. The normalized spacial score (nSPS) is 25.0. The summed E-state index contributed by atoms with van der Waals surface area (Å²) >= 11 is 0. The lowest BCUT2D eigenvalue weighted by molar-refractivity contribution is -0.143. The number of nitrogens with zero attached hydrogens (tertiary/aromatic N) is 1. The van der Waals surface area contributed by atoms with Gasteiger partial charge in [-0.2, -0.15) is 0 Å². The Bertz CT molecular complexity index is 733. The number of hydrogen-bond donors (Lipinski definition) is 2. The molecule has 0 radical (unpaired) electrons. The Balaban J connectivity index is 1.43. The Labute approximate surface area is 142 Å². The van der Waals surface area contributed by atoms with Crippen LogP contribution in [0.25, 0.3) is 11.0 Å². The molecular weight excluding hydrogens is 302 g/mol. The van der Waals surface area contributed by atoms with E-state index in [0.717, 1.165) is 29.6 Å². The summed E-state index contributed by atoms with van der Waals surface area (Å²) in [5.41, 5.74) is 2.04. The van der Waals surface area contributed by atoms with Crippen molar-refractivity contribution in [3.05, 3.63) is 30.1 Å². The molecule has 0 unspecified atom stereocenters. The van der Waals surface area contributed by atoms with E-state index in [1.165, 1.54) is 25.7 Å². The summed E-state index contributed by atoms with van der Waals surface area (Å²) in [4.78, 5) is 20.0. The number of carbonyl (C=O) groups is 1. The molecular formula is C19H25N3O2. The minimum absolute atomic E-state index is 0.103. The summed E-state index contributed by atoms with van der Waals surface area (Å²) in [6, 6.07) is 4.19. The molecule has 5 nitrogen and oxygen atoms in total. The van der Waals surface area contributed by atoms with Crippen molar-refractivity contribution >= 4 is 16.9 Å². The van der Waals surface area contributed by atoms with Crippen LogP contribution in [0, 0.1) is 5.41 Å². The van der Waals surface area contributed by atoms with Crippen molar-refractivity contribution < 1.29 is 9.53 Å². The topological polar surface area (TPSA) is 67.0 Å². The number of fused-ring (bicyclic) bond motifs is 1. The fraction of sp³-hybridized carbons (Fsp3) is 0.579. The molecule has 1 amide bonds. The van der Waals surface area contributed by atoms with Gasteiger partial charge in [0, 0.05) is 35.8 Å². The van der Waals surface area contributed by atoms with Crippen molar-refractivity contribution in [2.24, 2.45) is 5.41 Å². The standard InChI is InChI=1S/C19H25N3O2/c1-2-24-16-11-15(19(16)7-3-4-8-19)22-17(23)10-13-12-21-18-14(13)6-5-9-20-18/h5-6,9,12,15-16H,2-4,7-8,10-11H2,1H3,(H,20,21)(H,22,23)/t15-,16+/m1/s1. The molecule has 5 heteroatoms. The van der Waals surface area contributed by atoms with Gasteiger partial charge >= 0.3 is 0 Å². The third-order valence-corrected chi connectivity index (χ3v) is 5.91. The van der Waals surface area contributed by atoms with E-state index >= 15 is 0 Å². The molecule has 2 fully saturated rings. The summed E-state index contributed by atoms with van der Waals surface area (Å²) < 4.78 is 5.93. The maximum absolute atomic E-state index is 12.6. The molecule has 2 aromatic heterocycles. The van der Waals surface area contributed by atoms with E-state index in [1.807, 2.05) is 18.3 Å². The van der Waals surface area contributed by atoms with Crippen LogP contribution in [0.3, 0.4) is 0 Å². The first-order valence-electron chi connectivity index (χ1n) is 9.05. The largest absolute Gasteiger partial charge is 0.378 e. The van der Waals surface area contributed by atoms with Gasteiger partial charge in [0.25, 0.3) is 0 Å². The lowest BCUT2D eigenvalue weighted by Crippen LogP contribution is -2.63. The Kier molecular flexibility index (Phi) is 4.04. The first kappa shape index (κ1) is 15.6. The highest BCUT2D eigenvalue weighted by molar-refractivity contribution is 5.87. The van der Waals surface area contributed by atoms with Gasteiger partial charge in [0.15, 0.2) is 0 Å². The summed E-state index contributed by atoms with van der Waals surface area (Å²) in [6.45, 7) is 2.81. The van der Waals surface area contributed by atoms with Gasteiger partial charge < -0.3 is 15.0 Å². The number of aromatic nitrogens is 2. The minimum atomic E-state index is 0.103. The third kappa shape index (κ3) is 2.51. The van der Waals surface area contributed by atoms with Crippen LogP contribution >= 0.6 is 0 Å². The molecule has 0 bridgehead atoms. The van der Waals surface area contributed by atoms with E-state index in [2.05, 4.69) is 22.2 Å². The van der Waals surface area contributed by atoms with E-state index < -0.39 is 0 Å². The molecule has 2 N–H and O–H groups in total. The number of rotatable bonds is 5. The van der Waals surface area contributed by atoms with Crippen LogP contribution in [0.4, 0.5) is 0 Å². The maximum atomic E-state index is 12.6. The molecule has 0 aromatic carbocycles. The molecule has 0 saturated heterocycles. The van der Waals surface area contributed by atoms with Crippen molar-refractivity contribution in [3.8, 4) is 0 Å². The molecule has 2 atom stereocenters. The second kappa shape index (κ2) is 6.20. The van der Waals surface area contributed by atoms with Crippen molar-refractivity contribution in [1.82, 2.24) is 15.3 Å². The Morgan fingerprint density at radius 2 is 2.29 bits per heavy atom. The maximum Gasteiger partial charge on any atom is 0.224 e. The number of amides is 1. The number of H-pyrrole nitrogens is 1. The molecule has 2 aromatic rings. The molecule has 2 heterocycles. The second-order valence-electron chi connectivity index (χ2n) is 7.13. The Hall–Kier alpha value is -1.88. The van der Waals surface area contributed by atoms with Gasteiger partial charge in [0.2, 0.25) is 5.91 Å². The number of hydrogen-bond acceptors (Lipinski definition) is 3. The zero-order valence-corrected chi connectivity index (χ0v) is 14.2. The molecule has 4 rings (SSSR count). The number of ether oxygens (including phenoxy) is 1. The summed E-state index contributed by atoms with van der Waals surface area (Å²) in [5, 5.41) is 4.32. The quantitative estimate of drug-likeness (QED) is 0.887. The van der Waals surface area contributed by atoms with Gasteiger partial charge in [-0.3, -0.25) is 4.79 Å². The molecule has 128 valence electrons. The van der Waals surface area contributed by atoms with Gasteiger partial charge in [0.1, 0.15) is 5.65 Å². The van der Waals surface area contributed by atoms with Gasteiger partial charge in [-0.05, 0) is 43.9 Å². The summed E-state index contributed by atoms with van der Waals surface area (Å²) in [6.07, 6.45) is 10.2. The predicted molar refractivity (Wildman–Crippen MR) is 92.7 cm³/mol. The molecule has 1 spiro atoms. The van der Waals surface area contributed by atoms with Crippen LogP contribution in [0.5, 0.6) is 0 Å². The highest BCUT2D eigenvalue weighted by atomic mass is 16.5. The second-order valence-corrected chi connectivity index (χ2v) is 7.13. The van der Waals surface area contributed by atoms with Crippen molar-refractivity contribution in [1.29, 1.82) is 0 Å². The van der Waals surface area contributed by atoms with Crippen LogP contribution < -0.4 is 5.32 Å². The van der Waals surface area contributed by atoms with Crippen LogP contribution in [-0.4, -0.2) is 34.6 Å². The molecule has 2 aliphatic carbocycles. The number of nitrogens with one attached hydrogen (secondary N) is 2. The Morgan fingerprint density at radius 3 is 3.08 bits per heavy atom. The highest BCUT2D eigenvalue weighted by Crippen LogP contribution is 2.54.